The maximum atomic E-state index is 3.54. The summed E-state index contributed by atoms with van der Waals surface area (Å²) in [5, 5.41) is 7.08. The van der Waals surface area contributed by atoms with Crippen LogP contribution in [0, 0.1) is 0 Å². The maximum absolute atomic E-state index is 3.54. The van der Waals surface area contributed by atoms with E-state index in [1.54, 1.807) is 0 Å². The number of hydrogen-bond donors (Lipinski definition) is 2. The van der Waals surface area contributed by atoms with Crippen LogP contribution in [0.3, 0.4) is 0 Å². The van der Waals surface area contributed by atoms with Gasteiger partial charge >= 0.3 is 0 Å². The van der Waals surface area contributed by atoms with Crippen molar-refractivity contribution in [1.82, 2.24) is 0 Å². The Morgan fingerprint density at radius 3 is 1.03 bits per heavy atom. The van der Waals surface area contributed by atoms with E-state index in [0.29, 0.717) is 11.8 Å². The molecule has 0 fully saturated rings. The lowest BCUT2D eigenvalue weighted by Gasteiger charge is -2.27. The molecule has 0 saturated heterocycles. The maximum Gasteiger partial charge on any atom is 0.0384 e. The molecule has 0 aromatic heterocycles. The zero-order chi connectivity index (χ0) is 26.4. The highest BCUT2D eigenvalue weighted by molar-refractivity contribution is 5.62. The van der Waals surface area contributed by atoms with Crippen molar-refractivity contribution in [1.29, 1.82) is 0 Å². The van der Waals surface area contributed by atoms with Gasteiger partial charge in [0.05, 0.1) is 0 Å². The molecule has 0 spiro atoms. The fourth-order valence-corrected chi connectivity index (χ4v) is 4.70. The average Bonchev–Trinajstić information content (AvgIpc) is 2.93. The van der Waals surface area contributed by atoms with Gasteiger partial charge in [0.2, 0.25) is 0 Å². The molecule has 0 radical (unpaired) electrons. The van der Waals surface area contributed by atoms with Crippen molar-refractivity contribution in [3.8, 4) is 0 Å². The van der Waals surface area contributed by atoms with Gasteiger partial charge < -0.3 is 10.6 Å². The van der Waals surface area contributed by atoms with Crippen LogP contribution < -0.4 is 10.6 Å². The van der Waals surface area contributed by atoms with E-state index in [0.717, 1.165) is 35.6 Å². The first kappa shape index (κ1) is 26.5. The quantitative estimate of drug-likeness (QED) is 0.231. The van der Waals surface area contributed by atoms with Crippen LogP contribution in [-0.2, 0) is 5.41 Å². The van der Waals surface area contributed by atoms with E-state index in [9.17, 15) is 0 Å². The minimum absolute atomic E-state index is 0.0903. The molecule has 2 nitrogen and oxygen atoms in total. The standard InChI is InChI=1S/C35H42N2/c1-7-25(3)27-9-17-31(18-10-27)36-33-21-13-29(14-22-33)35(5,6)30-15-23-34(24-16-30)37-32-19-11-28(12-20-32)26(4)8-2/h9-26,36-37H,7-8H2,1-6H3. The predicted octanol–water partition coefficient (Wildman–Crippen LogP) is 10.5. The molecule has 4 aromatic carbocycles. The summed E-state index contributed by atoms with van der Waals surface area (Å²) in [7, 11) is 0. The van der Waals surface area contributed by atoms with Crippen molar-refractivity contribution < 1.29 is 0 Å². The number of anilines is 4. The second-order valence-corrected chi connectivity index (χ2v) is 10.9. The third-order valence-electron chi connectivity index (χ3n) is 7.97. The lowest BCUT2D eigenvalue weighted by Crippen LogP contribution is -2.18. The summed E-state index contributed by atoms with van der Waals surface area (Å²) in [4.78, 5) is 0. The Balaban J connectivity index is 1.40. The van der Waals surface area contributed by atoms with Crippen molar-refractivity contribution in [2.24, 2.45) is 0 Å². The topological polar surface area (TPSA) is 24.1 Å². The Morgan fingerprint density at radius 2 is 0.757 bits per heavy atom. The van der Waals surface area contributed by atoms with Gasteiger partial charge in [-0.25, -0.2) is 0 Å². The fourth-order valence-electron chi connectivity index (χ4n) is 4.70. The summed E-state index contributed by atoms with van der Waals surface area (Å²) >= 11 is 0. The molecule has 0 aliphatic rings. The van der Waals surface area contributed by atoms with Crippen LogP contribution in [0.25, 0.3) is 0 Å². The summed E-state index contributed by atoms with van der Waals surface area (Å²) in [6.07, 6.45) is 2.32. The van der Waals surface area contributed by atoms with Gasteiger partial charge in [0, 0.05) is 28.2 Å². The monoisotopic (exact) mass is 490 g/mol. The van der Waals surface area contributed by atoms with Crippen LogP contribution in [-0.4, -0.2) is 0 Å². The largest absolute Gasteiger partial charge is 0.356 e. The minimum Gasteiger partial charge on any atom is -0.356 e. The van der Waals surface area contributed by atoms with Gasteiger partial charge in [-0.2, -0.15) is 0 Å². The lowest BCUT2D eigenvalue weighted by atomic mass is 9.78. The molecular weight excluding hydrogens is 448 g/mol. The van der Waals surface area contributed by atoms with Gasteiger partial charge in [-0.05, 0) is 95.5 Å². The molecular formula is C35H42N2. The second kappa shape index (κ2) is 11.7. The smallest absolute Gasteiger partial charge is 0.0384 e. The number of rotatable bonds is 10. The fraction of sp³-hybridized carbons (Fsp3) is 0.314. The molecule has 2 heteroatoms. The highest BCUT2D eigenvalue weighted by Crippen LogP contribution is 2.34. The van der Waals surface area contributed by atoms with Crippen LogP contribution in [0.4, 0.5) is 22.7 Å². The zero-order valence-electron chi connectivity index (χ0n) is 23.3. The summed E-state index contributed by atoms with van der Waals surface area (Å²) in [5.41, 5.74) is 9.75. The third kappa shape index (κ3) is 6.43. The molecule has 2 atom stereocenters. The van der Waals surface area contributed by atoms with Gasteiger partial charge in [0.15, 0.2) is 0 Å². The van der Waals surface area contributed by atoms with Crippen molar-refractivity contribution in [3.05, 3.63) is 119 Å². The average molecular weight is 491 g/mol. The Hall–Kier alpha value is -3.52. The van der Waals surface area contributed by atoms with E-state index in [1.165, 1.54) is 22.3 Å². The van der Waals surface area contributed by atoms with Crippen molar-refractivity contribution in [2.75, 3.05) is 10.6 Å². The van der Waals surface area contributed by atoms with E-state index < -0.39 is 0 Å². The first-order valence-electron chi connectivity index (χ1n) is 13.7. The van der Waals surface area contributed by atoms with E-state index in [1.807, 2.05) is 0 Å². The molecule has 0 aliphatic carbocycles. The Kier molecular flexibility index (Phi) is 8.38. The van der Waals surface area contributed by atoms with E-state index in [2.05, 4.69) is 149 Å². The van der Waals surface area contributed by atoms with E-state index in [4.69, 9.17) is 0 Å². The van der Waals surface area contributed by atoms with Gasteiger partial charge in [0.25, 0.3) is 0 Å². The molecule has 2 N–H and O–H groups in total. The van der Waals surface area contributed by atoms with E-state index >= 15 is 0 Å². The van der Waals surface area contributed by atoms with Gasteiger partial charge in [-0.15, -0.1) is 0 Å². The minimum atomic E-state index is -0.0903. The normalized spacial score (nSPS) is 13.1. The van der Waals surface area contributed by atoms with Crippen molar-refractivity contribution in [2.45, 2.75) is 71.6 Å². The first-order valence-corrected chi connectivity index (χ1v) is 13.7. The molecule has 0 saturated carbocycles. The van der Waals surface area contributed by atoms with Crippen LogP contribution >= 0.6 is 0 Å². The van der Waals surface area contributed by atoms with Crippen LogP contribution in [0.15, 0.2) is 97.1 Å². The summed E-state index contributed by atoms with van der Waals surface area (Å²) in [6, 6.07) is 35.3. The summed E-state index contributed by atoms with van der Waals surface area (Å²) in [5.74, 6) is 1.20. The predicted molar refractivity (Wildman–Crippen MR) is 162 cm³/mol. The Bertz CT molecular complexity index is 1150. The third-order valence-corrected chi connectivity index (χ3v) is 7.97. The molecule has 0 heterocycles. The molecule has 4 rings (SSSR count). The molecule has 2 unspecified atom stereocenters. The van der Waals surface area contributed by atoms with Crippen LogP contribution in [0.5, 0.6) is 0 Å². The SMILES string of the molecule is CCC(C)c1ccc(Nc2ccc(C(C)(C)c3ccc(Nc4ccc(C(C)CC)cc4)cc3)cc2)cc1. The summed E-state index contributed by atoms with van der Waals surface area (Å²) in [6.45, 7) is 13.6. The Labute approximate surface area is 224 Å². The lowest BCUT2D eigenvalue weighted by molar-refractivity contribution is 0.641. The zero-order valence-corrected chi connectivity index (χ0v) is 23.3. The first-order chi connectivity index (χ1) is 17.8. The van der Waals surface area contributed by atoms with Crippen molar-refractivity contribution in [3.63, 3.8) is 0 Å². The molecule has 192 valence electrons. The van der Waals surface area contributed by atoms with Gasteiger partial charge in [-0.3, -0.25) is 0 Å². The van der Waals surface area contributed by atoms with Gasteiger partial charge in [0.1, 0.15) is 0 Å². The number of benzene rings is 4. The van der Waals surface area contributed by atoms with Gasteiger partial charge in [-0.1, -0.05) is 90.1 Å². The van der Waals surface area contributed by atoms with Crippen LogP contribution in [0.1, 0.15) is 88.5 Å². The van der Waals surface area contributed by atoms with Crippen molar-refractivity contribution >= 4 is 22.7 Å². The molecule has 0 amide bonds. The molecule has 0 aliphatic heterocycles. The molecule has 4 aromatic rings. The number of hydrogen-bond acceptors (Lipinski definition) is 2. The second-order valence-electron chi connectivity index (χ2n) is 10.9. The molecule has 37 heavy (non-hydrogen) atoms. The highest BCUT2D eigenvalue weighted by Gasteiger charge is 2.23. The Morgan fingerprint density at radius 1 is 0.486 bits per heavy atom. The summed E-state index contributed by atoms with van der Waals surface area (Å²) < 4.78 is 0. The van der Waals surface area contributed by atoms with Crippen LogP contribution in [0.2, 0.25) is 0 Å². The number of nitrogens with one attached hydrogen (secondary N) is 2. The molecule has 0 bridgehead atoms. The highest BCUT2D eigenvalue weighted by atomic mass is 14.9. The van der Waals surface area contributed by atoms with E-state index in [-0.39, 0.29) is 5.41 Å².